The Morgan fingerprint density at radius 1 is 1.45 bits per heavy atom. The van der Waals surface area contributed by atoms with Crippen LogP contribution in [0.2, 0.25) is 0 Å². The minimum atomic E-state index is -0.319. The minimum Gasteiger partial charge on any atom is -0.497 e. The number of aromatic amines is 1. The number of methoxy groups -OCH3 is 1. The normalized spacial score (nSPS) is 9.85. The van der Waals surface area contributed by atoms with Crippen LogP contribution in [0.1, 0.15) is 15.9 Å². The molecule has 2 rings (SSSR count). The van der Waals surface area contributed by atoms with Crippen LogP contribution in [0.25, 0.3) is 0 Å². The van der Waals surface area contributed by atoms with Crippen LogP contribution in [0.3, 0.4) is 0 Å². The molecule has 2 aromatic rings. The molecule has 2 N–H and O–H groups in total. The maximum atomic E-state index is 12.1. The van der Waals surface area contributed by atoms with E-state index in [1.165, 1.54) is 11.8 Å². The highest BCUT2D eigenvalue weighted by molar-refractivity contribution is 7.98. The van der Waals surface area contributed by atoms with E-state index in [0.717, 1.165) is 0 Å². The molecule has 0 unspecified atom stereocenters. The summed E-state index contributed by atoms with van der Waals surface area (Å²) < 4.78 is 5.03. The molecule has 0 saturated carbocycles. The lowest BCUT2D eigenvalue weighted by Gasteiger charge is -2.04. The quantitative estimate of drug-likeness (QED) is 0.842. The number of nitrogens with zero attached hydrogens (tertiary/aromatic N) is 2. The molecule has 0 atom stereocenters. The molecule has 1 aromatic carbocycles. The van der Waals surface area contributed by atoms with Gasteiger partial charge in [-0.15, -0.1) is 11.8 Å². The molecule has 7 heteroatoms. The molecule has 20 heavy (non-hydrogen) atoms. The van der Waals surface area contributed by atoms with Gasteiger partial charge in [0, 0.05) is 5.56 Å². The van der Waals surface area contributed by atoms with Crippen LogP contribution in [-0.4, -0.2) is 29.5 Å². The van der Waals surface area contributed by atoms with Gasteiger partial charge in [0.05, 0.1) is 7.11 Å². The summed E-state index contributed by atoms with van der Waals surface area (Å²) in [6.07, 6.45) is 1.81. The maximum Gasteiger partial charge on any atom is 0.256 e. The van der Waals surface area contributed by atoms with Crippen LogP contribution in [-0.2, 0) is 0 Å². The zero-order chi connectivity index (χ0) is 14.5. The van der Waals surface area contributed by atoms with Crippen LogP contribution >= 0.6 is 11.8 Å². The molecule has 0 fully saturated rings. The number of carbonyl (C=O) groups is 1. The monoisotopic (exact) mass is 288 g/mol. The maximum absolute atomic E-state index is 12.1. The van der Waals surface area contributed by atoms with Gasteiger partial charge in [0.15, 0.2) is 0 Å². The molecule has 0 radical (unpaired) electrons. The Hall–Kier alpha value is -2.46. The Bertz CT molecular complexity index is 658. The molecule has 0 aliphatic rings. The second kappa shape index (κ2) is 6.12. The largest absolute Gasteiger partial charge is 0.497 e. The van der Waals surface area contributed by atoms with Gasteiger partial charge in [-0.2, -0.15) is 10.4 Å². The van der Waals surface area contributed by atoms with Gasteiger partial charge in [0.25, 0.3) is 5.91 Å². The molecule has 6 nitrogen and oxygen atoms in total. The molecule has 0 aliphatic carbocycles. The standard InChI is InChI=1S/C13H12N4O2S/c1-19-9-5-3-8(4-6-9)12(18)15-11-10(7-14)13(20-2)17-16-11/h3-6H,1-2H3,(H2,15,16,17,18). The van der Waals surface area contributed by atoms with E-state index in [1.807, 2.05) is 12.3 Å². The Kier molecular flexibility index (Phi) is 4.27. The van der Waals surface area contributed by atoms with Crippen molar-refractivity contribution in [3.05, 3.63) is 35.4 Å². The van der Waals surface area contributed by atoms with Crippen molar-refractivity contribution in [3.8, 4) is 11.8 Å². The smallest absolute Gasteiger partial charge is 0.256 e. The summed E-state index contributed by atoms with van der Waals surface area (Å²) in [5, 5.41) is 18.9. The van der Waals surface area contributed by atoms with Gasteiger partial charge in [-0.25, -0.2) is 0 Å². The highest BCUT2D eigenvalue weighted by Crippen LogP contribution is 2.23. The number of hydrogen-bond donors (Lipinski definition) is 2. The van der Waals surface area contributed by atoms with E-state index >= 15 is 0 Å². The van der Waals surface area contributed by atoms with E-state index in [0.29, 0.717) is 27.7 Å². The summed E-state index contributed by atoms with van der Waals surface area (Å²) >= 11 is 1.34. The lowest BCUT2D eigenvalue weighted by molar-refractivity contribution is 0.102. The molecule has 0 aliphatic heterocycles. The van der Waals surface area contributed by atoms with Gasteiger partial charge < -0.3 is 10.1 Å². The predicted molar refractivity (Wildman–Crippen MR) is 76.0 cm³/mol. The number of H-pyrrole nitrogens is 1. The molecular formula is C13H12N4O2S. The summed E-state index contributed by atoms with van der Waals surface area (Å²) in [5.74, 6) is 0.656. The predicted octanol–water partition coefficient (Wildman–Crippen LogP) is 2.26. The molecule has 1 heterocycles. The third-order valence-electron chi connectivity index (χ3n) is 2.63. The Labute approximate surface area is 120 Å². The lowest BCUT2D eigenvalue weighted by Crippen LogP contribution is -2.12. The summed E-state index contributed by atoms with van der Waals surface area (Å²) in [7, 11) is 1.56. The first-order chi connectivity index (χ1) is 9.69. The van der Waals surface area contributed by atoms with Crippen LogP contribution in [0, 0.1) is 11.3 Å². The zero-order valence-electron chi connectivity index (χ0n) is 10.9. The Balaban J connectivity index is 2.19. The number of nitriles is 1. The van der Waals surface area contributed by atoms with Crippen LogP contribution in [0.15, 0.2) is 29.3 Å². The van der Waals surface area contributed by atoms with Crippen molar-refractivity contribution in [2.24, 2.45) is 0 Å². The third kappa shape index (κ3) is 2.75. The number of anilines is 1. The number of rotatable bonds is 4. The zero-order valence-corrected chi connectivity index (χ0v) is 11.7. The van der Waals surface area contributed by atoms with E-state index in [9.17, 15) is 4.79 Å². The second-order valence-corrected chi connectivity index (χ2v) is 4.57. The fourth-order valence-electron chi connectivity index (χ4n) is 1.60. The fourth-order valence-corrected chi connectivity index (χ4v) is 2.08. The Morgan fingerprint density at radius 3 is 2.70 bits per heavy atom. The third-order valence-corrected chi connectivity index (χ3v) is 3.31. The molecule has 1 aromatic heterocycles. The van der Waals surface area contributed by atoms with Gasteiger partial charge in [-0.1, -0.05) is 0 Å². The molecule has 1 amide bonds. The molecular weight excluding hydrogens is 276 g/mol. The first kappa shape index (κ1) is 14.0. The molecule has 0 bridgehead atoms. The van der Waals surface area contributed by atoms with E-state index in [4.69, 9.17) is 10.00 Å². The van der Waals surface area contributed by atoms with Crippen molar-refractivity contribution in [2.75, 3.05) is 18.7 Å². The first-order valence-electron chi connectivity index (χ1n) is 5.67. The molecule has 0 saturated heterocycles. The van der Waals surface area contributed by atoms with E-state index < -0.39 is 0 Å². The van der Waals surface area contributed by atoms with Crippen molar-refractivity contribution >= 4 is 23.5 Å². The summed E-state index contributed by atoms with van der Waals surface area (Å²) in [6, 6.07) is 8.70. The number of benzene rings is 1. The van der Waals surface area contributed by atoms with Crippen LogP contribution < -0.4 is 10.1 Å². The van der Waals surface area contributed by atoms with Crippen molar-refractivity contribution in [2.45, 2.75) is 5.03 Å². The average molecular weight is 288 g/mol. The lowest BCUT2D eigenvalue weighted by atomic mass is 10.2. The van der Waals surface area contributed by atoms with Crippen molar-refractivity contribution in [1.29, 1.82) is 5.26 Å². The molecule has 0 spiro atoms. The summed E-state index contributed by atoms with van der Waals surface area (Å²) in [4.78, 5) is 12.1. The number of ether oxygens (including phenoxy) is 1. The van der Waals surface area contributed by atoms with Crippen LogP contribution in [0.5, 0.6) is 5.75 Å². The highest BCUT2D eigenvalue weighted by Gasteiger charge is 2.15. The number of carbonyl (C=O) groups excluding carboxylic acids is 1. The minimum absolute atomic E-state index is 0.303. The van der Waals surface area contributed by atoms with E-state index in [2.05, 4.69) is 15.5 Å². The number of hydrogen-bond acceptors (Lipinski definition) is 5. The number of nitrogens with one attached hydrogen (secondary N) is 2. The van der Waals surface area contributed by atoms with E-state index in [1.54, 1.807) is 31.4 Å². The van der Waals surface area contributed by atoms with Crippen molar-refractivity contribution in [3.63, 3.8) is 0 Å². The van der Waals surface area contributed by atoms with Crippen molar-refractivity contribution in [1.82, 2.24) is 10.2 Å². The Morgan fingerprint density at radius 2 is 2.15 bits per heavy atom. The fraction of sp³-hybridized carbons (Fsp3) is 0.154. The number of thioether (sulfide) groups is 1. The van der Waals surface area contributed by atoms with Gasteiger partial charge in [0.1, 0.15) is 28.2 Å². The topological polar surface area (TPSA) is 90.8 Å². The molecule has 102 valence electrons. The average Bonchev–Trinajstić information content (AvgIpc) is 2.89. The van der Waals surface area contributed by atoms with E-state index in [-0.39, 0.29) is 5.91 Å². The van der Waals surface area contributed by atoms with Gasteiger partial charge in [-0.3, -0.25) is 9.89 Å². The highest BCUT2D eigenvalue weighted by atomic mass is 32.2. The van der Waals surface area contributed by atoms with Gasteiger partial charge >= 0.3 is 0 Å². The first-order valence-corrected chi connectivity index (χ1v) is 6.90. The number of aromatic nitrogens is 2. The van der Waals surface area contributed by atoms with Gasteiger partial charge in [-0.05, 0) is 30.5 Å². The van der Waals surface area contributed by atoms with Crippen molar-refractivity contribution < 1.29 is 9.53 Å². The number of amides is 1. The second-order valence-electron chi connectivity index (χ2n) is 3.78. The SMILES string of the molecule is COc1ccc(C(=O)Nc2[nH]nc(SC)c2C#N)cc1. The van der Waals surface area contributed by atoms with Crippen LogP contribution in [0.4, 0.5) is 5.82 Å². The summed E-state index contributed by atoms with van der Waals surface area (Å²) in [6.45, 7) is 0. The summed E-state index contributed by atoms with van der Waals surface area (Å²) in [5.41, 5.74) is 0.800. The van der Waals surface area contributed by atoms with Gasteiger partial charge in [0.2, 0.25) is 0 Å².